The fraction of sp³-hybridized carbons (Fsp3) is 0.268. The number of imidazole rings is 1. The highest BCUT2D eigenvalue weighted by Crippen LogP contribution is 2.44. The lowest BCUT2D eigenvalue weighted by molar-refractivity contribution is -0.121. The van der Waals surface area contributed by atoms with Crippen molar-refractivity contribution in [1.82, 2.24) is 19.8 Å². The third-order valence-corrected chi connectivity index (χ3v) is 9.66. The summed E-state index contributed by atoms with van der Waals surface area (Å²) in [5.41, 5.74) is 6.49. The molecule has 1 N–H and O–H groups in total. The highest BCUT2D eigenvalue weighted by atomic mass is 19.2. The van der Waals surface area contributed by atoms with Gasteiger partial charge < -0.3 is 19.5 Å². The Morgan fingerprint density at radius 3 is 2.33 bits per heavy atom. The molecule has 1 heterocycles. The quantitative estimate of drug-likeness (QED) is 0.137. The molecule has 4 aromatic carbocycles. The van der Waals surface area contributed by atoms with E-state index in [-0.39, 0.29) is 49.4 Å². The molecule has 2 atom stereocenters. The predicted molar refractivity (Wildman–Crippen MR) is 189 cm³/mol. The van der Waals surface area contributed by atoms with Gasteiger partial charge >= 0.3 is 6.09 Å². The number of nitrogens with one attached hydrogen (secondary N) is 1. The van der Waals surface area contributed by atoms with E-state index in [1.54, 1.807) is 24.7 Å². The molecular weight excluding hydrogens is 648 g/mol. The number of halogens is 2. The summed E-state index contributed by atoms with van der Waals surface area (Å²) >= 11 is 0. The zero-order chi connectivity index (χ0) is 35.9. The van der Waals surface area contributed by atoms with E-state index in [1.807, 2.05) is 66.9 Å². The first-order valence-electron chi connectivity index (χ1n) is 17.1. The lowest BCUT2D eigenvalue weighted by Gasteiger charge is -2.31. The van der Waals surface area contributed by atoms with Crippen molar-refractivity contribution in [1.29, 1.82) is 5.26 Å². The van der Waals surface area contributed by atoms with E-state index >= 15 is 0 Å². The van der Waals surface area contributed by atoms with Gasteiger partial charge in [0.1, 0.15) is 6.61 Å². The molecule has 0 aliphatic heterocycles. The first kappa shape index (κ1) is 35.0. The SMILES string of the molecule is CC[C@H](C)[C@@H](CN(Cc1cccc(F)c1F)C(=O)OCC1c2ccccc2-c2ccccc21)NC(=O)Cc1cncn1Cc1ccc(C#N)cc1. The van der Waals surface area contributed by atoms with Crippen LogP contribution in [-0.2, 0) is 29.0 Å². The number of nitrogens with zero attached hydrogens (tertiary/aromatic N) is 4. The van der Waals surface area contributed by atoms with Crippen LogP contribution in [0.5, 0.6) is 0 Å². The molecule has 0 bridgehead atoms. The molecule has 8 nitrogen and oxygen atoms in total. The highest BCUT2D eigenvalue weighted by molar-refractivity contribution is 5.79. The zero-order valence-corrected chi connectivity index (χ0v) is 28.6. The minimum Gasteiger partial charge on any atom is -0.448 e. The number of amides is 2. The van der Waals surface area contributed by atoms with Crippen LogP contribution in [0.4, 0.5) is 13.6 Å². The van der Waals surface area contributed by atoms with Gasteiger partial charge in [0.15, 0.2) is 11.6 Å². The van der Waals surface area contributed by atoms with Crippen molar-refractivity contribution in [3.63, 3.8) is 0 Å². The summed E-state index contributed by atoms with van der Waals surface area (Å²) in [6.45, 7) is 4.24. The summed E-state index contributed by atoms with van der Waals surface area (Å²) in [6.07, 6.45) is 3.32. The summed E-state index contributed by atoms with van der Waals surface area (Å²) in [6, 6.07) is 28.7. The zero-order valence-electron chi connectivity index (χ0n) is 28.6. The van der Waals surface area contributed by atoms with Gasteiger partial charge in [-0.1, -0.05) is 93.1 Å². The molecule has 260 valence electrons. The van der Waals surface area contributed by atoms with Crippen LogP contribution in [-0.4, -0.2) is 45.6 Å². The maximum Gasteiger partial charge on any atom is 0.410 e. The average Bonchev–Trinajstić information content (AvgIpc) is 3.72. The van der Waals surface area contributed by atoms with Gasteiger partial charge in [0, 0.05) is 42.5 Å². The van der Waals surface area contributed by atoms with E-state index in [1.165, 1.54) is 17.0 Å². The summed E-state index contributed by atoms with van der Waals surface area (Å²) in [5.74, 6) is -2.57. The van der Waals surface area contributed by atoms with E-state index < -0.39 is 23.8 Å². The normalized spacial score (nSPS) is 13.1. The van der Waals surface area contributed by atoms with Crippen LogP contribution in [0.15, 0.2) is 104 Å². The first-order valence-corrected chi connectivity index (χ1v) is 17.1. The molecule has 0 saturated heterocycles. The first-order chi connectivity index (χ1) is 24.7. The van der Waals surface area contributed by atoms with E-state index in [0.29, 0.717) is 24.2 Å². The van der Waals surface area contributed by atoms with Crippen LogP contribution < -0.4 is 5.32 Å². The monoisotopic (exact) mass is 687 g/mol. The lowest BCUT2D eigenvalue weighted by atomic mass is 9.98. The Hall–Kier alpha value is -5.82. The Morgan fingerprint density at radius 2 is 1.67 bits per heavy atom. The van der Waals surface area contributed by atoms with Crippen LogP contribution in [0, 0.1) is 28.9 Å². The van der Waals surface area contributed by atoms with Crippen molar-refractivity contribution in [2.45, 2.75) is 51.7 Å². The fourth-order valence-electron chi connectivity index (χ4n) is 6.60. The number of aromatic nitrogens is 2. The Labute approximate surface area is 296 Å². The fourth-order valence-corrected chi connectivity index (χ4v) is 6.60. The molecule has 0 unspecified atom stereocenters. The molecule has 1 aliphatic carbocycles. The second-order valence-electron chi connectivity index (χ2n) is 13.0. The largest absolute Gasteiger partial charge is 0.448 e. The standard InChI is InChI=1S/C41H39F2N5O3/c1-3-27(2)38(46-39(49)19-31-21-45-26-48(31)22-29-17-15-28(20-44)16-18-29)24-47(23-30-9-8-14-37(42)40(30)43)41(50)51-25-36-34-12-6-4-10-32(34)33-11-5-7-13-35(33)36/h4-18,21,26-27,36,38H,3,19,22-25H2,1-2H3,(H,46,49)/t27-,38+/m0/s1. The Morgan fingerprint density at radius 1 is 0.980 bits per heavy atom. The molecule has 1 aliphatic rings. The summed E-state index contributed by atoms with van der Waals surface area (Å²) in [5, 5.41) is 12.2. The second kappa shape index (κ2) is 15.8. The number of fused-ring (bicyclic) bond motifs is 3. The topological polar surface area (TPSA) is 100 Å². The number of ether oxygens (including phenoxy) is 1. The highest BCUT2D eigenvalue weighted by Gasteiger charge is 2.31. The Bertz CT molecular complexity index is 2010. The number of nitriles is 1. The number of carbonyl (C=O) groups is 2. The lowest BCUT2D eigenvalue weighted by Crippen LogP contribution is -2.49. The van der Waals surface area contributed by atoms with Gasteiger partial charge in [0.25, 0.3) is 0 Å². The smallest absolute Gasteiger partial charge is 0.410 e. The summed E-state index contributed by atoms with van der Waals surface area (Å²) in [7, 11) is 0. The maximum absolute atomic E-state index is 15.0. The molecule has 10 heteroatoms. The average molecular weight is 688 g/mol. The van der Waals surface area contributed by atoms with Gasteiger partial charge in [-0.05, 0) is 51.9 Å². The van der Waals surface area contributed by atoms with Gasteiger partial charge in [0.2, 0.25) is 5.91 Å². The molecule has 0 saturated carbocycles. The molecule has 5 aromatic rings. The van der Waals surface area contributed by atoms with Crippen molar-refractivity contribution in [2.75, 3.05) is 13.2 Å². The van der Waals surface area contributed by atoms with Crippen LogP contribution in [0.25, 0.3) is 11.1 Å². The predicted octanol–water partition coefficient (Wildman–Crippen LogP) is 7.61. The van der Waals surface area contributed by atoms with Crippen LogP contribution >= 0.6 is 0 Å². The third kappa shape index (κ3) is 7.99. The van der Waals surface area contributed by atoms with Crippen molar-refractivity contribution >= 4 is 12.0 Å². The second-order valence-corrected chi connectivity index (χ2v) is 13.0. The molecule has 0 radical (unpaired) electrons. The number of hydrogen-bond donors (Lipinski definition) is 1. The third-order valence-electron chi connectivity index (χ3n) is 9.66. The van der Waals surface area contributed by atoms with Gasteiger partial charge in [-0.15, -0.1) is 0 Å². The van der Waals surface area contributed by atoms with E-state index in [0.717, 1.165) is 33.9 Å². The number of rotatable bonds is 13. The van der Waals surface area contributed by atoms with Gasteiger partial charge in [-0.2, -0.15) is 5.26 Å². The summed E-state index contributed by atoms with van der Waals surface area (Å²) in [4.78, 5) is 33.0. The molecule has 51 heavy (non-hydrogen) atoms. The Balaban J connectivity index is 1.19. The van der Waals surface area contributed by atoms with Gasteiger partial charge in [-0.25, -0.2) is 18.6 Å². The maximum atomic E-state index is 15.0. The van der Waals surface area contributed by atoms with Crippen LogP contribution in [0.1, 0.15) is 59.7 Å². The molecule has 6 rings (SSSR count). The number of carbonyl (C=O) groups excluding carboxylic acids is 2. The van der Waals surface area contributed by atoms with Gasteiger partial charge in [0.05, 0.1) is 30.9 Å². The van der Waals surface area contributed by atoms with E-state index in [4.69, 9.17) is 10.00 Å². The summed E-state index contributed by atoms with van der Waals surface area (Å²) < 4.78 is 37.1. The van der Waals surface area contributed by atoms with Gasteiger partial charge in [-0.3, -0.25) is 4.79 Å². The van der Waals surface area contributed by atoms with Crippen molar-refractivity contribution in [2.24, 2.45) is 5.92 Å². The molecule has 0 fully saturated rings. The Kier molecular flexibility index (Phi) is 10.9. The molecule has 2 amide bonds. The minimum atomic E-state index is -1.03. The minimum absolute atomic E-state index is 0.00411. The van der Waals surface area contributed by atoms with Crippen LogP contribution in [0.3, 0.4) is 0 Å². The van der Waals surface area contributed by atoms with E-state index in [9.17, 15) is 18.4 Å². The number of hydrogen-bond acceptors (Lipinski definition) is 5. The number of benzene rings is 4. The van der Waals surface area contributed by atoms with E-state index in [2.05, 4.69) is 28.5 Å². The van der Waals surface area contributed by atoms with Crippen molar-refractivity contribution < 1.29 is 23.1 Å². The molecular formula is C41H39F2N5O3. The molecule has 1 aromatic heterocycles. The van der Waals surface area contributed by atoms with Crippen LogP contribution in [0.2, 0.25) is 0 Å². The van der Waals surface area contributed by atoms with Crippen molar-refractivity contribution in [3.05, 3.63) is 149 Å². The molecule has 0 spiro atoms. The van der Waals surface area contributed by atoms with Crippen molar-refractivity contribution in [3.8, 4) is 17.2 Å².